The molecule has 0 aliphatic rings. The number of pyridine rings is 1. The van der Waals surface area contributed by atoms with Gasteiger partial charge >= 0.3 is 0 Å². The van der Waals surface area contributed by atoms with Gasteiger partial charge in [-0.1, -0.05) is 17.7 Å². The Morgan fingerprint density at radius 2 is 1.43 bits per heavy atom. The van der Waals surface area contributed by atoms with Crippen LogP contribution >= 0.6 is 11.6 Å². The van der Waals surface area contributed by atoms with Gasteiger partial charge in [0.2, 0.25) is 5.69 Å². The first-order valence-corrected chi connectivity index (χ1v) is 4.46. The van der Waals surface area contributed by atoms with Crippen molar-refractivity contribution >= 4 is 11.6 Å². The second-order valence-electron chi connectivity index (χ2n) is 2.76. The third kappa shape index (κ3) is 2.47. The second kappa shape index (κ2) is 4.99. The van der Waals surface area contributed by atoms with Gasteiger partial charge in [-0.25, -0.2) is 0 Å². The molecule has 2 aromatic rings. The highest BCUT2D eigenvalue weighted by Crippen LogP contribution is 2.08. The summed E-state index contributed by atoms with van der Waals surface area (Å²) in [5.41, 5.74) is 1.12. The zero-order valence-corrected chi connectivity index (χ0v) is 8.91. The molecule has 1 aromatic carbocycles. The summed E-state index contributed by atoms with van der Waals surface area (Å²) in [4.78, 5) is 0. The van der Waals surface area contributed by atoms with Crippen molar-refractivity contribution < 1.29 is 17.0 Å². The fourth-order valence-corrected chi connectivity index (χ4v) is 1.31. The summed E-state index contributed by atoms with van der Waals surface area (Å²) < 4.78 is 2.04. The van der Waals surface area contributed by atoms with E-state index >= 15 is 0 Å². The van der Waals surface area contributed by atoms with Crippen molar-refractivity contribution in [3.05, 3.63) is 59.9 Å². The minimum atomic E-state index is 0. The molecule has 2 rings (SSSR count). The van der Waals surface area contributed by atoms with Crippen LogP contribution in [0.5, 0.6) is 0 Å². The van der Waals surface area contributed by atoms with E-state index in [0.29, 0.717) is 0 Å². The first kappa shape index (κ1) is 11.0. The number of hydrogen-bond acceptors (Lipinski definition) is 0. The maximum Gasteiger partial charge on any atom is 0.210 e. The highest BCUT2D eigenvalue weighted by molar-refractivity contribution is 6.30. The number of halogens is 2. The number of benzene rings is 1. The Hall–Kier alpha value is -1.05. The van der Waals surface area contributed by atoms with Gasteiger partial charge in [-0.3, -0.25) is 0 Å². The van der Waals surface area contributed by atoms with Gasteiger partial charge in [0.15, 0.2) is 12.4 Å². The van der Waals surface area contributed by atoms with E-state index in [1.54, 1.807) is 0 Å². The monoisotopic (exact) mass is 225 g/mol. The standard InChI is InChI=1S/C11H9ClN.ClH/c12-10-4-6-11(7-5-10)13-8-2-1-3-9-13;/h1-9H;1H/q+1;/p-1. The summed E-state index contributed by atoms with van der Waals surface area (Å²) in [5, 5.41) is 0.764. The van der Waals surface area contributed by atoms with E-state index in [2.05, 4.69) is 0 Å². The maximum atomic E-state index is 5.79. The molecule has 14 heavy (non-hydrogen) atoms. The smallest absolute Gasteiger partial charge is 0.210 e. The van der Waals surface area contributed by atoms with Gasteiger partial charge in [0.25, 0.3) is 0 Å². The average molecular weight is 226 g/mol. The number of rotatable bonds is 1. The van der Waals surface area contributed by atoms with Gasteiger partial charge in [0, 0.05) is 29.3 Å². The molecular weight excluding hydrogens is 217 g/mol. The van der Waals surface area contributed by atoms with Crippen molar-refractivity contribution in [3.63, 3.8) is 0 Å². The molecule has 0 bridgehead atoms. The van der Waals surface area contributed by atoms with Crippen molar-refractivity contribution in [2.24, 2.45) is 0 Å². The van der Waals surface area contributed by atoms with Gasteiger partial charge < -0.3 is 12.4 Å². The molecule has 0 fully saturated rings. The van der Waals surface area contributed by atoms with Crippen LogP contribution in [-0.2, 0) is 0 Å². The lowest BCUT2D eigenvalue weighted by molar-refractivity contribution is -0.595. The predicted molar refractivity (Wildman–Crippen MR) is 53.0 cm³/mol. The second-order valence-corrected chi connectivity index (χ2v) is 3.20. The topological polar surface area (TPSA) is 3.88 Å². The first-order valence-electron chi connectivity index (χ1n) is 4.08. The van der Waals surface area contributed by atoms with Crippen molar-refractivity contribution in [2.45, 2.75) is 0 Å². The quantitative estimate of drug-likeness (QED) is 0.584. The molecule has 1 aromatic heterocycles. The van der Waals surface area contributed by atoms with Crippen LogP contribution in [-0.4, -0.2) is 0 Å². The summed E-state index contributed by atoms with van der Waals surface area (Å²) in [6, 6.07) is 13.7. The number of hydrogen-bond donors (Lipinski definition) is 0. The fourth-order valence-electron chi connectivity index (χ4n) is 1.18. The molecule has 0 aliphatic carbocycles. The molecule has 0 atom stereocenters. The maximum absolute atomic E-state index is 5.79. The first-order chi connectivity index (χ1) is 6.36. The molecule has 0 N–H and O–H groups in total. The number of aromatic nitrogens is 1. The Kier molecular flexibility index (Phi) is 3.93. The summed E-state index contributed by atoms with van der Waals surface area (Å²) in [5.74, 6) is 0. The minimum Gasteiger partial charge on any atom is -1.00 e. The lowest BCUT2D eigenvalue weighted by Gasteiger charge is -1.93. The number of nitrogens with zero attached hydrogens (tertiary/aromatic N) is 1. The molecule has 0 radical (unpaired) electrons. The average Bonchev–Trinajstić information content (AvgIpc) is 2.20. The molecule has 72 valence electrons. The molecular formula is C11H9Cl2N. The Labute approximate surface area is 94.4 Å². The van der Waals surface area contributed by atoms with Crippen LogP contribution in [0.2, 0.25) is 5.02 Å². The summed E-state index contributed by atoms with van der Waals surface area (Å²) in [6.45, 7) is 0. The highest BCUT2D eigenvalue weighted by Gasteiger charge is 2.01. The van der Waals surface area contributed by atoms with E-state index in [-0.39, 0.29) is 12.4 Å². The molecule has 0 saturated heterocycles. The van der Waals surface area contributed by atoms with Gasteiger partial charge in [-0.15, -0.1) is 0 Å². The molecule has 3 heteroatoms. The van der Waals surface area contributed by atoms with Crippen LogP contribution in [0.1, 0.15) is 0 Å². The summed E-state index contributed by atoms with van der Waals surface area (Å²) in [6.07, 6.45) is 4.01. The van der Waals surface area contributed by atoms with E-state index in [0.717, 1.165) is 10.7 Å². The largest absolute Gasteiger partial charge is 1.00 e. The fraction of sp³-hybridized carbons (Fsp3) is 0. The SMILES string of the molecule is Clc1ccc(-[n+]2ccccc2)cc1.[Cl-]. The third-order valence-corrected chi connectivity index (χ3v) is 2.09. The van der Waals surface area contributed by atoms with Crippen molar-refractivity contribution in [2.75, 3.05) is 0 Å². The van der Waals surface area contributed by atoms with Crippen LogP contribution in [0.25, 0.3) is 5.69 Å². The Morgan fingerprint density at radius 1 is 0.857 bits per heavy atom. The van der Waals surface area contributed by atoms with Crippen LogP contribution in [0, 0.1) is 0 Å². The lowest BCUT2D eigenvalue weighted by Crippen LogP contribution is -3.00. The van der Waals surface area contributed by atoms with Gasteiger partial charge in [0.05, 0.1) is 0 Å². The van der Waals surface area contributed by atoms with Crippen molar-refractivity contribution in [3.8, 4) is 5.69 Å². The summed E-state index contributed by atoms with van der Waals surface area (Å²) in [7, 11) is 0. The molecule has 0 saturated carbocycles. The van der Waals surface area contributed by atoms with Crippen molar-refractivity contribution in [1.82, 2.24) is 0 Å². The van der Waals surface area contributed by atoms with Crippen LogP contribution in [0.15, 0.2) is 54.9 Å². The Bertz CT molecular complexity index is 384. The third-order valence-electron chi connectivity index (χ3n) is 1.84. The van der Waals surface area contributed by atoms with Crippen molar-refractivity contribution in [1.29, 1.82) is 0 Å². The summed E-state index contributed by atoms with van der Waals surface area (Å²) >= 11 is 5.79. The molecule has 0 aliphatic heterocycles. The molecule has 1 heterocycles. The van der Waals surface area contributed by atoms with Crippen LogP contribution < -0.4 is 17.0 Å². The van der Waals surface area contributed by atoms with E-state index in [4.69, 9.17) is 11.6 Å². The zero-order valence-electron chi connectivity index (χ0n) is 7.40. The van der Waals surface area contributed by atoms with E-state index in [9.17, 15) is 0 Å². The Balaban J connectivity index is 0.000000980. The van der Waals surface area contributed by atoms with Gasteiger partial charge in [0.1, 0.15) is 0 Å². The van der Waals surface area contributed by atoms with E-state index in [1.165, 1.54) is 0 Å². The minimum absolute atomic E-state index is 0. The van der Waals surface area contributed by atoms with Crippen LogP contribution in [0.4, 0.5) is 0 Å². The molecule has 1 nitrogen and oxygen atoms in total. The van der Waals surface area contributed by atoms with E-state index < -0.39 is 0 Å². The normalized spacial score (nSPS) is 9.21. The Morgan fingerprint density at radius 3 is 2.00 bits per heavy atom. The van der Waals surface area contributed by atoms with Gasteiger partial charge in [-0.2, -0.15) is 4.57 Å². The molecule has 0 unspecified atom stereocenters. The van der Waals surface area contributed by atoms with Crippen LogP contribution in [0.3, 0.4) is 0 Å². The predicted octanol–water partition coefficient (Wildman–Crippen LogP) is -0.379. The highest BCUT2D eigenvalue weighted by atomic mass is 35.5. The van der Waals surface area contributed by atoms with E-state index in [1.807, 2.05) is 59.4 Å². The van der Waals surface area contributed by atoms with Gasteiger partial charge in [-0.05, 0) is 12.1 Å². The lowest BCUT2D eigenvalue weighted by atomic mass is 10.3. The molecule has 0 spiro atoms. The zero-order chi connectivity index (χ0) is 9.10. The molecule has 0 amide bonds.